The first-order valence-corrected chi connectivity index (χ1v) is 32.1. The Bertz CT molecular complexity index is 3160. The van der Waals surface area contributed by atoms with Crippen LogP contribution in [-0.4, -0.2) is 102 Å². The minimum absolute atomic E-state index is 0.0257. The first-order valence-electron chi connectivity index (χ1n) is 32.1. The third-order valence-electron chi connectivity index (χ3n) is 17.7. The van der Waals surface area contributed by atoms with E-state index in [9.17, 15) is 10.2 Å². The van der Waals surface area contributed by atoms with Crippen LogP contribution in [0.15, 0.2) is 237 Å². The molecule has 8 atom stereocenters. The molecule has 0 aliphatic heterocycles. The van der Waals surface area contributed by atoms with E-state index in [4.69, 9.17) is 28.4 Å². The average Bonchev–Trinajstić information content (AvgIpc) is 0.881. The van der Waals surface area contributed by atoms with Gasteiger partial charge in [-0.15, -0.1) is 0 Å². The Morgan fingerprint density at radius 2 is 0.578 bits per heavy atom. The van der Waals surface area contributed by atoms with Gasteiger partial charge in [0, 0.05) is 57.8 Å². The molecule has 90 heavy (non-hydrogen) atoms. The predicted molar refractivity (Wildman–Crippen MR) is 364 cm³/mol. The summed E-state index contributed by atoms with van der Waals surface area (Å²) >= 11 is 0. The molecular formula is C80H91NO9. The summed E-state index contributed by atoms with van der Waals surface area (Å²) in [5, 5.41) is 36.1. The number of para-hydroxylation sites is 1. The number of hydrogen-bond acceptors (Lipinski definition) is 9. The second-order valence-electron chi connectivity index (χ2n) is 23.7. The van der Waals surface area contributed by atoms with Crippen molar-refractivity contribution in [2.75, 3.05) is 79.2 Å². The number of hydroxylamine groups is 2. The lowest BCUT2D eigenvalue weighted by Gasteiger charge is -2.45. The van der Waals surface area contributed by atoms with Gasteiger partial charge in [-0.25, -0.2) is 0 Å². The molecule has 10 heteroatoms. The predicted octanol–water partition coefficient (Wildman–Crippen LogP) is 16.3. The van der Waals surface area contributed by atoms with E-state index in [1.165, 1.54) is 22.3 Å². The maximum atomic E-state index is 16.7. The van der Waals surface area contributed by atoms with Crippen LogP contribution in [0.3, 0.4) is 0 Å². The summed E-state index contributed by atoms with van der Waals surface area (Å²) in [4.78, 5) is 0. The summed E-state index contributed by atoms with van der Waals surface area (Å²) in [6.45, 7) is 14.1. The molecule has 9 rings (SSSR count). The number of benzene rings is 9. The van der Waals surface area contributed by atoms with E-state index in [0.29, 0.717) is 5.69 Å². The van der Waals surface area contributed by atoms with Crippen molar-refractivity contribution in [3.05, 3.63) is 309 Å². The van der Waals surface area contributed by atoms with Crippen molar-refractivity contribution in [1.29, 1.82) is 0 Å². The summed E-state index contributed by atoms with van der Waals surface area (Å²) in [5.41, 5.74) is 14.0. The molecule has 0 bridgehead atoms. The Morgan fingerprint density at radius 3 is 0.844 bits per heavy atom. The van der Waals surface area contributed by atoms with E-state index in [1.807, 2.05) is 54.6 Å². The summed E-state index contributed by atoms with van der Waals surface area (Å²) < 4.78 is 39.1. The lowest BCUT2D eigenvalue weighted by atomic mass is 9.81. The van der Waals surface area contributed by atoms with Gasteiger partial charge < -0.3 is 48.5 Å². The lowest BCUT2D eigenvalue weighted by Crippen LogP contribution is -2.55. The Hall–Kier alpha value is -7.74. The van der Waals surface area contributed by atoms with Crippen LogP contribution in [0.2, 0.25) is 0 Å². The van der Waals surface area contributed by atoms with Crippen LogP contribution in [0.25, 0.3) is 0 Å². The zero-order valence-electron chi connectivity index (χ0n) is 53.3. The Labute approximate surface area is 534 Å². The molecule has 0 radical (unpaired) electrons. The van der Waals surface area contributed by atoms with Crippen LogP contribution < -0.4 is 14.1 Å². The number of aliphatic hydroxyl groups excluding tert-OH is 2. The van der Waals surface area contributed by atoms with Crippen LogP contribution in [0.4, 0.5) is 5.69 Å². The van der Waals surface area contributed by atoms with Crippen LogP contribution in [0, 0.1) is 5.21 Å². The maximum Gasteiger partial charge on any atom is 0.141 e. The first kappa shape index (κ1) is 66.7. The topological polar surface area (TPSA) is 119 Å². The lowest BCUT2D eigenvalue weighted by molar-refractivity contribution is -0.0453. The normalized spacial score (nSPS) is 14.9. The van der Waals surface area contributed by atoms with Crippen molar-refractivity contribution in [2.24, 2.45) is 0 Å². The van der Waals surface area contributed by atoms with E-state index in [0.717, 1.165) is 56.0 Å². The first-order chi connectivity index (χ1) is 44.0. The highest BCUT2D eigenvalue weighted by Gasteiger charge is 2.34. The van der Waals surface area contributed by atoms with Gasteiger partial charge in [-0.1, -0.05) is 266 Å². The van der Waals surface area contributed by atoms with Crippen LogP contribution in [0.5, 0.6) is 11.5 Å². The molecule has 0 aliphatic carbocycles. The van der Waals surface area contributed by atoms with Gasteiger partial charge in [-0.05, 0) is 56.6 Å². The van der Waals surface area contributed by atoms with Gasteiger partial charge >= 0.3 is 0 Å². The minimum Gasteiger partial charge on any atom is -0.627 e. The Kier molecular flexibility index (Phi) is 25.1. The molecule has 0 aromatic heterocycles. The smallest absolute Gasteiger partial charge is 0.141 e. The SMILES string of the molecule is CC(c1ccccc1)c1cc(C(C)c2ccccc2)c(OCC(C[N+]([O-])(CC(COc2c(C(C)c3ccccc3)cc(C(C)c3ccccc3)cc2C(C)c2ccccc2)OCCOCCO)c2ccccc2)OCCOCCO)c(C(C)c2ccccc2)c1. The van der Waals surface area contributed by atoms with Gasteiger partial charge in [0.25, 0.3) is 0 Å². The quantitative estimate of drug-likeness (QED) is 0.0227. The molecule has 470 valence electrons. The summed E-state index contributed by atoms with van der Waals surface area (Å²) in [6, 6.07) is 82.1. The standard InChI is InChI=1S/C80H91NO9/c1-58(64-28-14-7-15-29-64)70-50-75(60(3)66-32-18-9-19-33-66)79(76(51-70)61(4)67-34-20-10-21-35-67)89-56-73(87-48-46-85-44-42-82)54-81(84,72-40-26-13-27-41-72)55-74(88-49-47-86-45-43-83)57-90-80-77(62(5)68-36-22-11-23-37-68)52-71(59(2)65-30-16-8-17-31-65)53-78(80)63(6)69-38-24-12-25-39-69/h7-41,50-53,58-63,73-74,82-83H,42-49,54-57H2,1-6H3. The van der Waals surface area contributed by atoms with Crippen LogP contribution in [-0.2, 0) is 18.9 Å². The monoisotopic (exact) mass is 1210 g/mol. The van der Waals surface area contributed by atoms with Crippen LogP contribution in [0.1, 0.15) is 144 Å². The van der Waals surface area contributed by atoms with Crippen molar-refractivity contribution < 1.29 is 38.6 Å². The fourth-order valence-corrected chi connectivity index (χ4v) is 12.3. The molecule has 0 amide bonds. The van der Waals surface area contributed by atoms with Gasteiger partial charge in [-0.3, -0.25) is 0 Å². The highest BCUT2D eigenvalue weighted by Crippen LogP contribution is 2.45. The van der Waals surface area contributed by atoms with Gasteiger partial charge in [0.1, 0.15) is 55.7 Å². The van der Waals surface area contributed by atoms with Crippen molar-refractivity contribution in [3.63, 3.8) is 0 Å². The van der Waals surface area contributed by atoms with E-state index in [2.05, 4.69) is 224 Å². The fourth-order valence-electron chi connectivity index (χ4n) is 12.3. The van der Waals surface area contributed by atoms with Gasteiger partial charge in [0.05, 0.1) is 52.9 Å². The minimum atomic E-state index is -0.861. The molecular weight excluding hydrogens is 1120 g/mol. The molecule has 0 fully saturated rings. The molecule has 0 aliphatic rings. The highest BCUT2D eigenvalue weighted by molar-refractivity contribution is 5.57. The van der Waals surface area contributed by atoms with E-state index in [1.54, 1.807) is 0 Å². The van der Waals surface area contributed by atoms with Gasteiger partial charge in [-0.2, -0.15) is 0 Å². The summed E-state index contributed by atoms with van der Waals surface area (Å²) in [5.74, 6) is 1.34. The van der Waals surface area contributed by atoms with Crippen molar-refractivity contribution in [1.82, 2.24) is 4.65 Å². The van der Waals surface area contributed by atoms with Crippen molar-refractivity contribution in [3.8, 4) is 11.5 Å². The number of aliphatic hydroxyl groups is 2. The largest absolute Gasteiger partial charge is 0.627 e. The zero-order chi connectivity index (χ0) is 63.1. The van der Waals surface area contributed by atoms with Gasteiger partial charge in [0.2, 0.25) is 0 Å². The molecule has 2 N–H and O–H groups in total. The number of ether oxygens (including phenoxy) is 6. The molecule has 0 spiro atoms. The van der Waals surface area contributed by atoms with Gasteiger partial charge in [0.15, 0.2) is 0 Å². The van der Waals surface area contributed by atoms with Crippen molar-refractivity contribution in [2.45, 2.75) is 89.3 Å². The third-order valence-corrected chi connectivity index (χ3v) is 17.7. The number of quaternary nitrogens is 1. The second kappa shape index (κ2) is 33.9. The van der Waals surface area contributed by atoms with E-state index < -0.39 is 16.9 Å². The zero-order valence-corrected chi connectivity index (χ0v) is 53.3. The van der Waals surface area contributed by atoms with E-state index in [-0.39, 0.29) is 115 Å². The maximum absolute atomic E-state index is 16.7. The second-order valence-corrected chi connectivity index (χ2v) is 23.7. The van der Waals surface area contributed by atoms with Crippen LogP contribution >= 0.6 is 0 Å². The number of nitrogens with zero attached hydrogens (tertiary/aromatic N) is 1. The molecule has 9 aromatic rings. The molecule has 10 nitrogen and oxygen atoms in total. The molecule has 0 saturated heterocycles. The summed E-state index contributed by atoms with van der Waals surface area (Å²) in [7, 11) is 0. The van der Waals surface area contributed by atoms with E-state index >= 15 is 5.21 Å². The highest BCUT2D eigenvalue weighted by atomic mass is 16.6. The van der Waals surface area contributed by atoms with Crippen molar-refractivity contribution >= 4 is 5.69 Å². The molecule has 9 aromatic carbocycles. The number of hydrogen-bond donors (Lipinski definition) is 2. The molecule has 8 unspecified atom stereocenters. The Morgan fingerprint density at radius 1 is 0.322 bits per heavy atom. The molecule has 0 saturated carbocycles. The third kappa shape index (κ3) is 17.8. The Balaban J connectivity index is 1.13. The summed E-state index contributed by atoms with van der Waals surface area (Å²) in [6.07, 6.45) is -1.57. The fraction of sp³-hybridized carbons (Fsp3) is 0.325. The molecule has 0 heterocycles. The number of rotatable bonds is 35. The average molecular weight is 1210 g/mol.